The summed E-state index contributed by atoms with van der Waals surface area (Å²) >= 11 is 0. The molecule has 1 atom stereocenters. The van der Waals surface area contributed by atoms with Crippen molar-refractivity contribution >= 4 is 5.91 Å². The molecule has 35 heavy (non-hydrogen) atoms. The molecule has 1 aliphatic rings. The predicted octanol–water partition coefficient (Wildman–Crippen LogP) is 5.29. The van der Waals surface area contributed by atoms with E-state index in [1.54, 1.807) is 23.1 Å². The minimum atomic E-state index is -4.76. The summed E-state index contributed by atoms with van der Waals surface area (Å²) in [5.41, 5.74) is 1.30. The van der Waals surface area contributed by atoms with Crippen molar-refractivity contribution in [1.82, 2.24) is 15.0 Å². The minimum Gasteiger partial charge on any atom is -0.493 e. The third-order valence-corrected chi connectivity index (χ3v) is 5.35. The SMILES string of the molecule is COc1cc(-c2noc(C3CCC(=O)N3Cc3ccc(OC(F)(F)F)cc3)n2)ccc1OC(C)C. The first-order valence-electron chi connectivity index (χ1n) is 11.0. The highest BCUT2D eigenvalue weighted by molar-refractivity contribution is 5.79. The fourth-order valence-electron chi connectivity index (χ4n) is 3.83. The third-order valence-electron chi connectivity index (χ3n) is 5.35. The molecule has 11 heteroatoms. The molecule has 0 bridgehead atoms. The van der Waals surface area contributed by atoms with Crippen LogP contribution in [-0.2, 0) is 11.3 Å². The number of likely N-dealkylation sites (tertiary alicyclic amines) is 1. The van der Waals surface area contributed by atoms with Crippen LogP contribution < -0.4 is 14.2 Å². The van der Waals surface area contributed by atoms with Crippen LogP contribution in [0.1, 0.15) is 44.2 Å². The molecule has 1 saturated heterocycles. The second-order valence-corrected chi connectivity index (χ2v) is 8.26. The van der Waals surface area contributed by atoms with Gasteiger partial charge >= 0.3 is 6.36 Å². The summed E-state index contributed by atoms with van der Waals surface area (Å²) in [4.78, 5) is 18.6. The van der Waals surface area contributed by atoms with Gasteiger partial charge in [0.25, 0.3) is 0 Å². The highest BCUT2D eigenvalue weighted by atomic mass is 19.4. The molecular formula is C24H24F3N3O5. The molecule has 1 aliphatic heterocycles. The number of ether oxygens (including phenoxy) is 3. The summed E-state index contributed by atoms with van der Waals surface area (Å²) in [6.45, 7) is 4.01. The van der Waals surface area contributed by atoms with E-state index in [-0.39, 0.29) is 30.2 Å². The average molecular weight is 491 g/mol. The van der Waals surface area contributed by atoms with E-state index in [1.165, 1.54) is 31.4 Å². The molecule has 3 aromatic rings. The van der Waals surface area contributed by atoms with Gasteiger partial charge in [-0.15, -0.1) is 13.2 Å². The number of rotatable bonds is 8. The summed E-state index contributed by atoms with van der Waals surface area (Å²) in [5.74, 6) is 1.30. The van der Waals surface area contributed by atoms with Gasteiger partial charge in [-0.2, -0.15) is 4.98 Å². The van der Waals surface area contributed by atoms with E-state index in [0.29, 0.717) is 41.3 Å². The van der Waals surface area contributed by atoms with Crippen LogP contribution in [0.15, 0.2) is 47.0 Å². The summed E-state index contributed by atoms with van der Waals surface area (Å²) in [5, 5.41) is 4.07. The molecule has 0 aliphatic carbocycles. The van der Waals surface area contributed by atoms with Crippen LogP contribution in [0.2, 0.25) is 0 Å². The lowest BCUT2D eigenvalue weighted by Gasteiger charge is -2.22. The normalized spacial score (nSPS) is 16.1. The van der Waals surface area contributed by atoms with Crippen LogP contribution in [0.4, 0.5) is 13.2 Å². The third kappa shape index (κ3) is 5.84. The summed E-state index contributed by atoms with van der Waals surface area (Å²) in [6.07, 6.45) is -4.00. The Labute approximate surface area is 199 Å². The lowest BCUT2D eigenvalue weighted by Crippen LogP contribution is -2.27. The van der Waals surface area contributed by atoms with Gasteiger partial charge in [0, 0.05) is 18.5 Å². The highest BCUT2D eigenvalue weighted by Gasteiger charge is 2.36. The minimum absolute atomic E-state index is 0.0224. The van der Waals surface area contributed by atoms with Gasteiger partial charge in [0.1, 0.15) is 11.8 Å². The molecule has 2 heterocycles. The van der Waals surface area contributed by atoms with E-state index in [0.717, 1.165) is 0 Å². The first-order chi connectivity index (χ1) is 16.6. The zero-order valence-corrected chi connectivity index (χ0v) is 19.3. The van der Waals surface area contributed by atoms with Crippen molar-refractivity contribution < 1.29 is 36.7 Å². The largest absolute Gasteiger partial charge is 0.573 e. The smallest absolute Gasteiger partial charge is 0.493 e. The average Bonchev–Trinajstić information content (AvgIpc) is 3.41. The molecule has 1 amide bonds. The van der Waals surface area contributed by atoms with Gasteiger partial charge in [-0.05, 0) is 56.2 Å². The maximum absolute atomic E-state index is 12.5. The Balaban J connectivity index is 1.50. The number of nitrogens with zero attached hydrogens (tertiary/aromatic N) is 3. The topological polar surface area (TPSA) is 86.9 Å². The van der Waals surface area contributed by atoms with E-state index < -0.39 is 12.4 Å². The van der Waals surface area contributed by atoms with Crippen LogP contribution in [0, 0.1) is 0 Å². The first kappa shape index (κ1) is 24.4. The van der Waals surface area contributed by atoms with Crippen molar-refractivity contribution in [2.24, 2.45) is 0 Å². The summed E-state index contributed by atoms with van der Waals surface area (Å²) in [6, 6.07) is 10.2. The van der Waals surface area contributed by atoms with E-state index in [4.69, 9.17) is 14.0 Å². The molecule has 8 nitrogen and oxygen atoms in total. The number of halogens is 3. The Morgan fingerprint density at radius 2 is 1.89 bits per heavy atom. The number of methoxy groups -OCH3 is 1. The summed E-state index contributed by atoms with van der Waals surface area (Å²) < 4.78 is 57.7. The Kier molecular flexibility index (Phi) is 6.86. The zero-order chi connectivity index (χ0) is 25.2. The van der Waals surface area contributed by atoms with Crippen molar-refractivity contribution in [3.05, 3.63) is 53.9 Å². The molecular weight excluding hydrogens is 467 g/mol. The standard InChI is InChI=1S/C24H24F3N3O5/c1-14(2)33-19-10-6-16(12-20(19)32-3)22-28-23(35-29-22)18-9-11-21(31)30(18)13-15-4-7-17(8-5-15)34-24(25,26)27/h4-8,10,12,14,18H,9,11,13H2,1-3H3. The van der Waals surface area contributed by atoms with E-state index in [1.807, 2.05) is 13.8 Å². The molecule has 1 unspecified atom stereocenters. The monoisotopic (exact) mass is 491 g/mol. The highest BCUT2D eigenvalue weighted by Crippen LogP contribution is 2.36. The van der Waals surface area contributed by atoms with Gasteiger partial charge in [0.15, 0.2) is 11.5 Å². The van der Waals surface area contributed by atoms with Gasteiger partial charge in [-0.1, -0.05) is 17.3 Å². The lowest BCUT2D eigenvalue weighted by atomic mass is 10.1. The Hall–Kier alpha value is -3.76. The molecule has 0 saturated carbocycles. The molecule has 4 rings (SSSR count). The number of benzene rings is 2. The number of carbonyl (C=O) groups is 1. The van der Waals surface area contributed by atoms with Crippen molar-refractivity contribution in [2.75, 3.05) is 7.11 Å². The van der Waals surface area contributed by atoms with Crippen LogP contribution in [0.3, 0.4) is 0 Å². The number of aromatic nitrogens is 2. The van der Waals surface area contributed by atoms with Crippen molar-refractivity contribution in [2.45, 2.75) is 51.7 Å². The molecule has 186 valence electrons. The van der Waals surface area contributed by atoms with Crippen molar-refractivity contribution in [3.63, 3.8) is 0 Å². The van der Waals surface area contributed by atoms with Gasteiger partial charge in [0.05, 0.1) is 13.2 Å². The molecule has 0 N–H and O–H groups in total. The van der Waals surface area contributed by atoms with Crippen LogP contribution in [0.5, 0.6) is 17.2 Å². The fourth-order valence-corrected chi connectivity index (χ4v) is 3.83. The van der Waals surface area contributed by atoms with Crippen LogP contribution >= 0.6 is 0 Å². The number of hydrogen-bond donors (Lipinski definition) is 0. The van der Waals surface area contributed by atoms with Crippen molar-refractivity contribution in [3.8, 4) is 28.6 Å². The maximum Gasteiger partial charge on any atom is 0.573 e. The fraction of sp³-hybridized carbons (Fsp3) is 0.375. The number of carbonyl (C=O) groups excluding carboxylic acids is 1. The Bertz CT molecular complexity index is 1180. The van der Waals surface area contributed by atoms with E-state index >= 15 is 0 Å². The summed E-state index contributed by atoms with van der Waals surface area (Å²) in [7, 11) is 1.54. The number of amides is 1. The van der Waals surface area contributed by atoms with Gasteiger partial charge < -0.3 is 23.6 Å². The number of alkyl halides is 3. The lowest BCUT2D eigenvalue weighted by molar-refractivity contribution is -0.274. The van der Waals surface area contributed by atoms with Crippen molar-refractivity contribution in [1.29, 1.82) is 0 Å². The Morgan fingerprint density at radius 3 is 2.54 bits per heavy atom. The zero-order valence-electron chi connectivity index (χ0n) is 19.3. The Morgan fingerprint density at radius 1 is 1.14 bits per heavy atom. The van der Waals surface area contributed by atoms with Gasteiger partial charge in [-0.3, -0.25) is 4.79 Å². The van der Waals surface area contributed by atoms with Crippen LogP contribution in [0.25, 0.3) is 11.4 Å². The molecule has 1 fully saturated rings. The first-order valence-corrected chi connectivity index (χ1v) is 11.0. The number of hydrogen-bond acceptors (Lipinski definition) is 7. The van der Waals surface area contributed by atoms with Crippen LogP contribution in [-0.4, -0.2) is 40.5 Å². The maximum atomic E-state index is 12.5. The van der Waals surface area contributed by atoms with E-state index in [9.17, 15) is 18.0 Å². The van der Waals surface area contributed by atoms with E-state index in [2.05, 4.69) is 14.9 Å². The predicted molar refractivity (Wildman–Crippen MR) is 118 cm³/mol. The molecule has 0 spiro atoms. The molecule has 1 aromatic heterocycles. The van der Waals surface area contributed by atoms with Gasteiger partial charge in [-0.25, -0.2) is 0 Å². The molecule has 2 aromatic carbocycles. The van der Waals surface area contributed by atoms with Gasteiger partial charge in [0.2, 0.25) is 17.6 Å². The second-order valence-electron chi connectivity index (χ2n) is 8.26. The quantitative estimate of drug-likeness (QED) is 0.423. The molecule has 0 radical (unpaired) electrons. The second kappa shape index (κ2) is 9.85.